The molecule has 0 aromatic heterocycles. The van der Waals surface area contributed by atoms with E-state index in [-0.39, 0.29) is 11.6 Å². The minimum Gasteiger partial charge on any atom is -0.494 e. The Labute approximate surface area is 110 Å². The van der Waals surface area contributed by atoms with Gasteiger partial charge in [-0.15, -0.1) is 0 Å². The molecule has 0 spiro atoms. The van der Waals surface area contributed by atoms with Gasteiger partial charge in [0.05, 0.1) is 12.2 Å². The van der Waals surface area contributed by atoms with Gasteiger partial charge in [-0.2, -0.15) is 0 Å². The zero-order chi connectivity index (χ0) is 13.4. The van der Waals surface area contributed by atoms with E-state index in [2.05, 4.69) is 13.8 Å². The molecule has 0 saturated heterocycles. The molecule has 0 heterocycles. The Hall–Kier alpha value is -1.06. The monoisotopic (exact) mass is 251 g/mol. The third kappa shape index (κ3) is 6.03. The summed E-state index contributed by atoms with van der Waals surface area (Å²) >= 11 is 0. The maximum Gasteiger partial charge on any atom is 0.119 e. The topological polar surface area (TPSA) is 44.5 Å². The van der Waals surface area contributed by atoms with E-state index in [4.69, 9.17) is 15.2 Å². The van der Waals surface area contributed by atoms with Crippen LogP contribution in [0.25, 0.3) is 0 Å². The van der Waals surface area contributed by atoms with Crippen LogP contribution in [0.15, 0.2) is 30.3 Å². The molecule has 0 aliphatic heterocycles. The van der Waals surface area contributed by atoms with Crippen LogP contribution >= 0.6 is 0 Å². The summed E-state index contributed by atoms with van der Waals surface area (Å²) in [7, 11) is 1.74. The molecule has 3 nitrogen and oxygen atoms in total. The van der Waals surface area contributed by atoms with Gasteiger partial charge < -0.3 is 15.2 Å². The highest BCUT2D eigenvalue weighted by molar-refractivity contribution is 5.20. The van der Waals surface area contributed by atoms with Gasteiger partial charge in [0.2, 0.25) is 0 Å². The van der Waals surface area contributed by atoms with Crippen LogP contribution < -0.4 is 10.5 Å². The molecule has 1 atom stereocenters. The van der Waals surface area contributed by atoms with Crippen molar-refractivity contribution in [3.63, 3.8) is 0 Å². The minimum absolute atomic E-state index is 0.0854. The zero-order valence-electron chi connectivity index (χ0n) is 11.7. The number of nitrogens with two attached hydrogens (primary N) is 1. The van der Waals surface area contributed by atoms with Crippen molar-refractivity contribution in [3.8, 4) is 5.75 Å². The largest absolute Gasteiger partial charge is 0.494 e. The van der Waals surface area contributed by atoms with E-state index in [9.17, 15) is 0 Å². The fourth-order valence-corrected chi connectivity index (χ4v) is 1.62. The zero-order valence-corrected chi connectivity index (χ0v) is 11.7. The van der Waals surface area contributed by atoms with Gasteiger partial charge in [-0.25, -0.2) is 0 Å². The summed E-state index contributed by atoms with van der Waals surface area (Å²) in [6.45, 7) is 4.83. The minimum atomic E-state index is -0.0854. The molecule has 1 unspecified atom stereocenters. The van der Waals surface area contributed by atoms with Crippen LogP contribution in [0.3, 0.4) is 0 Å². The second-order valence-corrected chi connectivity index (χ2v) is 5.21. The molecule has 0 fully saturated rings. The lowest BCUT2D eigenvalue weighted by Crippen LogP contribution is -2.29. The first kappa shape index (κ1) is 15.0. The van der Waals surface area contributed by atoms with E-state index in [1.165, 1.54) is 0 Å². The molecule has 1 aromatic carbocycles. The first-order valence-corrected chi connectivity index (χ1v) is 6.52. The Bertz CT molecular complexity index is 325. The number of para-hydroxylation sites is 1. The van der Waals surface area contributed by atoms with Gasteiger partial charge in [0.25, 0.3) is 0 Å². The van der Waals surface area contributed by atoms with Gasteiger partial charge >= 0.3 is 0 Å². The van der Waals surface area contributed by atoms with Gasteiger partial charge in [0.15, 0.2) is 0 Å². The van der Waals surface area contributed by atoms with E-state index >= 15 is 0 Å². The lowest BCUT2D eigenvalue weighted by Gasteiger charge is -2.24. The number of hydrogen-bond acceptors (Lipinski definition) is 3. The molecule has 102 valence electrons. The Morgan fingerprint density at radius 3 is 2.44 bits per heavy atom. The molecule has 1 aromatic rings. The number of ether oxygens (including phenoxy) is 2. The molecule has 2 N–H and O–H groups in total. The lowest BCUT2D eigenvalue weighted by molar-refractivity contribution is 0.0121. The normalized spacial score (nSPS) is 13.3. The molecule has 0 aliphatic carbocycles. The molecule has 0 aliphatic rings. The molecular weight excluding hydrogens is 226 g/mol. The Balaban J connectivity index is 2.16. The van der Waals surface area contributed by atoms with Gasteiger partial charge in [-0.05, 0) is 45.2 Å². The van der Waals surface area contributed by atoms with Crippen molar-refractivity contribution in [2.24, 2.45) is 5.73 Å². The molecule has 0 bridgehead atoms. The van der Waals surface area contributed by atoms with E-state index in [0.717, 1.165) is 25.0 Å². The summed E-state index contributed by atoms with van der Waals surface area (Å²) in [6.07, 6.45) is 2.80. The summed E-state index contributed by atoms with van der Waals surface area (Å²) in [5.74, 6) is 0.905. The number of hydrogen-bond donors (Lipinski definition) is 1. The van der Waals surface area contributed by atoms with Crippen LogP contribution in [0.4, 0.5) is 0 Å². The van der Waals surface area contributed by atoms with Crippen molar-refractivity contribution in [2.75, 3.05) is 13.7 Å². The predicted molar refractivity (Wildman–Crippen MR) is 74.9 cm³/mol. The van der Waals surface area contributed by atoms with E-state index < -0.39 is 0 Å². The lowest BCUT2D eigenvalue weighted by atomic mass is 9.98. The van der Waals surface area contributed by atoms with Crippen molar-refractivity contribution >= 4 is 0 Å². The molecule has 3 heteroatoms. The van der Waals surface area contributed by atoms with Crippen LogP contribution in [0.5, 0.6) is 5.75 Å². The fraction of sp³-hybridized carbons (Fsp3) is 0.600. The highest BCUT2D eigenvalue weighted by Gasteiger charge is 2.17. The molecule has 18 heavy (non-hydrogen) atoms. The number of benzene rings is 1. The van der Waals surface area contributed by atoms with Gasteiger partial charge in [0.1, 0.15) is 5.75 Å². The van der Waals surface area contributed by atoms with Gasteiger partial charge in [0, 0.05) is 13.2 Å². The summed E-state index contributed by atoms with van der Waals surface area (Å²) in [5.41, 5.74) is 5.98. The fourth-order valence-electron chi connectivity index (χ4n) is 1.62. The highest BCUT2D eigenvalue weighted by atomic mass is 16.5. The average Bonchev–Trinajstić information content (AvgIpc) is 2.38. The first-order valence-electron chi connectivity index (χ1n) is 6.52. The standard InChI is InChI=1S/C15H25NO2/c1-15(2,17-3)11-9-13(16)10-12-18-14-7-5-4-6-8-14/h4-8,13H,9-12,16H2,1-3H3. The third-order valence-electron chi connectivity index (χ3n) is 3.17. The quantitative estimate of drug-likeness (QED) is 0.772. The van der Waals surface area contributed by atoms with Crippen LogP contribution in [-0.4, -0.2) is 25.4 Å². The summed E-state index contributed by atoms with van der Waals surface area (Å²) < 4.78 is 11.0. The molecule has 1 rings (SSSR count). The first-order chi connectivity index (χ1) is 8.53. The van der Waals surface area contributed by atoms with Crippen LogP contribution in [0.2, 0.25) is 0 Å². The molecule has 0 amide bonds. The summed E-state index contributed by atoms with van der Waals surface area (Å²) in [6, 6.07) is 10.0. The van der Waals surface area contributed by atoms with Crippen molar-refractivity contribution in [1.82, 2.24) is 0 Å². The van der Waals surface area contributed by atoms with Gasteiger partial charge in [-0.1, -0.05) is 18.2 Å². The van der Waals surface area contributed by atoms with E-state index in [0.29, 0.717) is 6.61 Å². The average molecular weight is 251 g/mol. The second kappa shape index (κ2) is 7.39. The number of methoxy groups -OCH3 is 1. The smallest absolute Gasteiger partial charge is 0.119 e. The predicted octanol–water partition coefficient (Wildman–Crippen LogP) is 2.99. The Kier molecular flexibility index (Phi) is 6.16. The van der Waals surface area contributed by atoms with Crippen molar-refractivity contribution in [2.45, 2.75) is 44.8 Å². The highest BCUT2D eigenvalue weighted by Crippen LogP contribution is 2.17. The molecule has 0 radical (unpaired) electrons. The van der Waals surface area contributed by atoms with Crippen LogP contribution in [-0.2, 0) is 4.74 Å². The Morgan fingerprint density at radius 1 is 1.17 bits per heavy atom. The maximum atomic E-state index is 6.06. The van der Waals surface area contributed by atoms with Crippen LogP contribution in [0, 0.1) is 0 Å². The summed E-state index contributed by atoms with van der Waals surface area (Å²) in [5, 5.41) is 0. The van der Waals surface area contributed by atoms with Gasteiger partial charge in [-0.3, -0.25) is 0 Å². The third-order valence-corrected chi connectivity index (χ3v) is 3.17. The SMILES string of the molecule is COC(C)(C)CCC(N)CCOc1ccccc1. The van der Waals surface area contributed by atoms with Crippen LogP contribution in [0.1, 0.15) is 33.1 Å². The second-order valence-electron chi connectivity index (χ2n) is 5.21. The molecule has 0 saturated carbocycles. The van der Waals surface area contributed by atoms with Crippen molar-refractivity contribution < 1.29 is 9.47 Å². The van der Waals surface area contributed by atoms with E-state index in [1.54, 1.807) is 7.11 Å². The van der Waals surface area contributed by atoms with Crippen molar-refractivity contribution in [1.29, 1.82) is 0 Å². The Morgan fingerprint density at radius 2 is 1.83 bits per heavy atom. The number of rotatable bonds is 8. The molecular formula is C15H25NO2. The van der Waals surface area contributed by atoms with Crippen molar-refractivity contribution in [3.05, 3.63) is 30.3 Å². The van der Waals surface area contributed by atoms with E-state index in [1.807, 2.05) is 30.3 Å². The summed E-state index contributed by atoms with van der Waals surface area (Å²) in [4.78, 5) is 0. The maximum absolute atomic E-state index is 6.06.